The molecule has 0 radical (unpaired) electrons. The molecule has 0 aliphatic heterocycles. The van der Waals surface area contributed by atoms with E-state index in [2.05, 4.69) is 10.6 Å². The number of carbonyl (C=O) groups is 2. The topological polar surface area (TPSA) is 58.2 Å². The van der Waals surface area contributed by atoms with Gasteiger partial charge < -0.3 is 10.6 Å². The number of nitrogens with one attached hydrogen (secondary N) is 2. The summed E-state index contributed by atoms with van der Waals surface area (Å²) < 4.78 is 13.7. The average Bonchev–Trinajstić information content (AvgIpc) is 2.54. The summed E-state index contributed by atoms with van der Waals surface area (Å²) in [5.41, 5.74) is 1.83. The maximum atomic E-state index is 13.7. The van der Waals surface area contributed by atoms with Gasteiger partial charge in [-0.05, 0) is 31.2 Å². The van der Waals surface area contributed by atoms with E-state index in [1.165, 1.54) is 12.1 Å². The van der Waals surface area contributed by atoms with Crippen molar-refractivity contribution in [2.75, 3.05) is 22.1 Å². The number of halogens is 2. The van der Waals surface area contributed by atoms with Crippen molar-refractivity contribution in [3.63, 3.8) is 0 Å². The Kier molecular flexibility index (Phi) is 6.63. The molecule has 0 aromatic heterocycles. The first kappa shape index (κ1) is 18.3. The Balaban J connectivity index is 1.75. The van der Waals surface area contributed by atoms with Gasteiger partial charge in [0.15, 0.2) is 5.82 Å². The third kappa shape index (κ3) is 5.54. The summed E-state index contributed by atoms with van der Waals surface area (Å²) in [6, 6.07) is 11.8. The van der Waals surface area contributed by atoms with Gasteiger partial charge in [0.25, 0.3) is 0 Å². The van der Waals surface area contributed by atoms with Crippen LogP contribution in [0.25, 0.3) is 0 Å². The SMILES string of the molecule is Cc1ccc(NC(=O)CSCC(=O)Nc2cccc(Cl)c2F)cc1. The number of rotatable bonds is 6. The molecule has 7 heteroatoms. The van der Waals surface area contributed by atoms with Gasteiger partial charge >= 0.3 is 0 Å². The minimum absolute atomic E-state index is 0.0252. The Morgan fingerprint density at radius 2 is 1.67 bits per heavy atom. The second-order valence-electron chi connectivity index (χ2n) is 5.06. The van der Waals surface area contributed by atoms with Gasteiger partial charge in [-0.3, -0.25) is 9.59 Å². The van der Waals surface area contributed by atoms with E-state index in [0.717, 1.165) is 17.3 Å². The maximum absolute atomic E-state index is 13.7. The molecule has 126 valence electrons. The molecule has 2 N–H and O–H groups in total. The molecule has 0 saturated heterocycles. The van der Waals surface area contributed by atoms with E-state index in [9.17, 15) is 14.0 Å². The van der Waals surface area contributed by atoms with Crippen LogP contribution in [-0.4, -0.2) is 23.3 Å². The lowest BCUT2D eigenvalue weighted by Crippen LogP contribution is -2.19. The molecule has 2 aromatic rings. The van der Waals surface area contributed by atoms with Crippen LogP contribution in [0.15, 0.2) is 42.5 Å². The van der Waals surface area contributed by atoms with Crippen LogP contribution in [0.2, 0.25) is 5.02 Å². The van der Waals surface area contributed by atoms with Crippen LogP contribution >= 0.6 is 23.4 Å². The number of aryl methyl sites for hydroxylation is 1. The first-order valence-electron chi connectivity index (χ1n) is 7.14. The molecule has 24 heavy (non-hydrogen) atoms. The van der Waals surface area contributed by atoms with Crippen LogP contribution in [0, 0.1) is 12.7 Å². The smallest absolute Gasteiger partial charge is 0.234 e. The van der Waals surface area contributed by atoms with Gasteiger partial charge in [-0.2, -0.15) is 0 Å². The molecule has 0 fully saturated rings. The summed E-state index contributed by atoms with van der Waals surface area (Å²) in [4.78, 5) is 23.6. The van der Waals surface area contributed by atoms with Crippen LogP contribution in [-0.2, 0) is 9.59 Å². The van der Waals surface area contributed by atoms with E-state index >= 15 is 0 Å². The lowest BCUT2D eigenvalue weighted by molar-refractivity contribution is -0.114. The molecule has 0 atom stereocenters. The van der Waals surface area contributed by atoms with Gasteiger partial charge in [0.05, 0.1) is 22.2 Å². The zero-order valence-electron chi connectivity index (χ0n) is 12.9. The Hall–Kier alpha value is -2.05. The molecular formula is C17H16ClFN2O2S. The van der Waals surface area contributed by atoms with E-state index in [-0.39, 0.29) is 28.1 Å². The van der Waals surface area contributed by atoms with E-state index < -0.39 is 11.7 Å². The second kappa shape index (κ2) is 8.70. The highest BCUT2D eigenvalue weighted by atomic mass is 35.5. The maximum Gasteiger partial charge on any atom is 0.234 e. The molecule has 0 aliphatic rings. The van der Waals surface area contributed by atoms with Crippen molar-refractivity contribution in [1.29, 1.82) is 0 Å². The first-order chi connectivity index (χ1) is 11.5. The Morgan fingerprint density at radius 3 is 2.33 bits per heavy atom. The third-order valence-electron chi connectivity index (χ3n) is 3.03. The normalized spacial score (nSPS) is 10.3. The largest absolute Gasteiger partial charge is 0.325 e. The van der Waals surface area contributed by atoms with Crippen molar-refractivity contribution in [2.24, 2.45) is 0 Å². The van der Waals surface area contributed by atoms with E-state index in [1.807, 2.05) is 31.2 Å². The second-order valence-corrected chi connectivity index (χ2v) is 6.45. The predicted octanol–water partition coefficient (Wildman–Crippen LogP) is 4.10. The standard InChI is InChI=1S/C17H16ClFN2O2S/c1-11-5-7-12(8-6-11)20-15(22)9-24-10-16(23)21-14-4-2-3-13(18)17(14)19/h2-8H,9-10H2,1H3,(H,20,22)(H,21,23). The molecule has 2 amide bonds. The summed E-state index contributed by atoms with van der Waals surface area (Å²) in [5, 5.41) is 5.11. The highest BCUT2D eigenvalue weighted by molar-refractivity contribution is 8.00. The number of thioether (sulfide) groups is 1. The molecule has 0 saturated carbocycles. The van der Waals surface area contributed by atoms with Gasteiger partial charge in [-0.1, -0.05) is 35.4 Å². The van der Waals surface area contributed by atoms with Gasteiger partial charge in [-0.25, -0.2) is 4.39 Å². The zero-order valence-corrected chi connectivity index (χ0v) is 14.5. The molecule has 0 unspecified atom stereocenters. The predicted molar refractivity (Wildman–Crippen MR) is 97.2 cm³/mol. The number of amides is 2. The number of carbonyl (C=O) groups excluding carboxylic acids is 2. The van der Waals surface area contributed by atoms with Crippen molar-refractivity contribution in [3.05, 3.63) is 58.9 Å². The number of anilines is 2. The minimum atomic E-state index is -0.672. The monoisotopic (exact) mass is 366 g/mol. The fourth-order valence-electron chi connectivity index (χ4n) is 1.86. The molecule has 0 bridgehead atoms. The summed E-state index contributed by atoms with van der Waals surface area (Å²) in [5.74, 6) is -1.11. The zero-order chi connectivity index (χ0) is 17.5. The molecule has 2 aromatic carbocycles. The van der Waals surface area contributed by atoms with Crippen molar-refractivity contribution in [1.82, 2.24) is 0 Å². The van der Waals surface area contributed by atoms with Crippen LogP contribution < -0.4 is 10.6 Å². The van der Waals surface area contributed by atoms with E-state index in [0.29, 0.717) is 5.69 Å². The van der Waals surface area contributed by atoms with Crippen LogP contribution in [0.3, 0.4) is 0 Å². The minimum Gasteiger partial charge on any atom is -0.325 e. The molecular weight excluding hydrogens is 351 g/mol. The fraction of sp³-hybridized carbons (Fsp3) is 0.176. The molecule has 0 heterocycles. The van der Waals surface area contributed by atoms with Gasteiger partial charge in [0.1, 0.15) is 0 Å². The highest BCUT2D eigenvalue weighted by Gasteiger charge is 2.10. The van der Waals surface area contributed by atoms with Gasteiger partial charge in [-0.15, -0.1) is 11.8 Å². The Labute approximate surface area is 148 Å². The van der Waals surface area contributed by atoms with Crippen LogP contribution in [0.1, 0.15) is 5.56 Å². The van der Waals surface area contributed by atoms with E-state index in [4.69, 9.17) is 11.6 Å². The molecule has 4 nitrogen and oxygen atoms in total. The summed E-state index contributed by atoms with van der Waals surface area (Å²) in [6.45, 7) is 1.96. The lowest BCUT2D eigenvalue weighted by Gasteiger charge is -2.08. The number of hydrogen-bond donors (Lipinski definition) is 2. The summed E-state index contributed by atoms with van der Waals surface area (Å²) >= 11 is 6.79. The number of hydrogen-bond acceptors (Lipinski definition) is 3. The first-order valence-corrected chi connectivity index (χ1v) is 8.67. The van der Waals surface area contributed by atoms with Crippen molar-refractivity contribution < 1.29 is 14.0 Å². The Bertz CT molecular complexity index is 738. The summed E-state index contributed by atoms with van der Waals surface area (Å²) in [7, 11) is 0. The Morgan fingerprint density at radius 1 is 1.04 bits per heavy atom. The highest BCUT2D eigenvalue weighted by Crippen LogP contribution is 2.22. The van der Waals surface area contributed by atoms with Crippen LogP contribution in [0.4, 0.5) is 15.8 Å². The van der Waals surface area contributed by atoms with Gasteiger partial charge in [0, 0.05) is 5.69 Å². The van der Waals surface area contributed by atoms with E-state index in [1.54, 1.807) is 6.07 Å². The van der Waals surface area contributed by atoms with Crippen molar-refractivity contribution >= 4 is 46.6 Å². The fourth-order valence-corrected chi connectivity index (χ4v) is 2.65. The third-order valence-corrected chi connectivity index (χ3v) is 4.25. The number of benzene rings is 2. The quantitative estimate of drug-likeness (QED) is 0.809. The average molecular weight is 367 g/mol. The van der Waals surface area contributed by atoms with Crippen molar-refractivity contribution in [3.8, 4) is 0 Å². The van der Waals surface area contributed by atoms with Crippen molar-refractivity contribution in [2.45, 2.75) is 6.92 Å². The lowest BCUT2D eigenvalue weighted by atomic mass is 10.2. The summed E-state index contributed by atoms with van der Waals surface area (Å²) in [6.07, 6.45) is 0. The van der Waals surface area contributed by atoms with Crippen LogP contribution in [0.5, 0.6) is 0 Å². The molecule has 0 spiro atoms. The molecule has 2 rings (SSSR count). The molecule has 0 aliphatic carbocycles. The van der Waals surface area contributed by atoms with Gasteiger partial charge in [0.2, 0.25) is 11.8 Å².